The van der Waals surface area contributed by atoms with Gasteiger partial charge in [0.05, 0.1) is 11.7 Å². The van der Waals surface area contributed by atoms with E-state index < -0.39 is 24.3 Å². The van der Waals surface area contributed by atoms with Gasteiger partial charge in [-0.15, -0.1) is 0 Å². The first-order chi connectivity index (χ1) is 6.79. The van der Waals surface area contributed by atoms with Gasteiger partial charge in [0.15, 0.2) is 0 Å². The molecule has 90 valence electrons. The third-order valence-electron chi connectivity index (χ3n) is 2.30. The Morgan fingerprint density at radius 1 is 1.47 bits per heavy atom. The third kappa shape index (κ3) is 4.03. The molecule has 0 aromatic heterocycles. The summed E-state index contributed by atoms with van der Waals surface area (Å²) in [6, 6.07) is 0. The highest BCUT2D eigenvalue weighted by Gasteiger charge is 2.32. The van der Waals surface area contributed by atoms with E-state index in [4.69, 9.17) is 4.74 Å². The van der Waals surface area contributed by atoms with Crippen LogP contribution in [-0.2, 0) is 4.74 Å². The predicted molar refractivity (Wildman–Crippen MR) is 53.9 cm³/mol. The molecule has 1 aliphatic rings. The highest BCUT2D eigenvalue weighted by Crippen LogP contribution is 2.19. The second-order valence-electron chi connectivity index (χ2n) is 4.92. The summed E-state index contributed by atoms with van der Waals surface area (Å²) >= 11 is 0. The molecule has 1 rings (SSSR count). The van der Waals surface area contributed by atoms with Gasteiger partial charge in [-0.25, -0.2) is 4.39 Å². The summed E-state index contributed by atoms with van der Waals surface area (Å²) in [6.45, 7) is 5.99. The molecule has 0 saturated carbocycles. The largest absolute Gasteiger partial charge is 0.389 e. The zero-order valence-electron chi connectivity index (χ0n) is 9.48. The number of piperidine rings is 1. The van der Waals surface area contributed by atoms with E-state index in [0.29, 0.717) is 6.54 Å². The molecule has 2 N–H and O–H groups in total. The van der Waals surface area contributed by atoms with Crippen LogP contribution in [0.25, 0.3) is 0 Å². The molecule has 1 aliphatic heterocycles. The number of halogens is 1. The van der Waals surface area contributed by atoms with E-state index in [0.717, 1.165) is 0 Å². The van der Waals surface area contributed by atoms with Crippen molar-refractivity contribution in [3.8, 4) is 0 Å². The van der Waals surface area contributed by atoms with Crippen molar-refractivity contribution in [1.82, 2.24) is 4.90 Å². The van der Waals surface area contributed by atoms with Gasteiger partial charge in [0.25, 0.3) is 0 Å². The molecule has 0 amide bonds. The maximum absolute atomic E-state index is 13.0. The van der Waals surface area contributed by atoms with Crippen LogP contribution in [0.3, 0.4) is 0 Å². The van der Waals surface area contributed by atoms with Gasteiger partial charge in [-0.3, -0.25) is 4.90 Å². The molecule has 0 aliphatic carbocycles. The van der Waals surface area contributed by atoms with Crippen LogP contribution in [0.5, 0.6) is 0 Å². The zero-order chi connectivity index (χ0) is 11.6. The van der Waals surface area contributed by atoms with Gasteiger partial charge >= 0.3 is 0 Å². The number of aliphatic hydroxyl groups is 2. The molecule has 0 bridgehead atoms. The molecule has 0 aromatic rings. The van der Waals surface area contributed by atoms with Crippen LogP contribution in [-0.4, -0.2) is 52.5 Å². The van der Waals surface area contributed by atoms with Crippen molar-refractivity contribution in [2.45, 2.75) is 51.5 Å². The molecule has 3 atom stereocenters. The number of hydrogen-bond acceptors (Lipinski definition) is 4. The molecular formula is C10H20FNO3. The zero-order valence-corrected chi connectivity index (χ0v) is 9.48. The minimum absolute atomic E-state index is 0.110. The van der Waals surface area contributed by atoms with E-state index in [9.17, 15) is 14.6 Å². The average Bonchev–Trinajstić information content (AvgIpc) is 2.06. The second-order valence-corrected chi connectivity index (χ2v) is 4.92. The Hall–Kier alpha value is -0.230. The first kappa shape index (κ1) is 12.8. The van der Waals surface area contributed by atoms with Gasteiger partial charge in [-0.05, 0) is 27.2 Å². The number of alkyl halides is 1. The standard InChI is InChI=1S/C10H20FNO3/c1-10(2,3)15-9(14)12-5-4-7(11)8(13)6-12/h7-9,13-14H,4-6H2,1-3H3. The lowest BCUT2D eigenvalue weighted by molar-refractivity contribution is -0.250. The summed E-state index contributed by atoms with van der Waals surface area (Å²) in [5.41, 5.74) is -0.461. The Balaban J connectivity index is 2.44. The van der Waals surface area contributed by atoms with Gasteiger partial charge in [0.2, 0.25) is 6.41 Å². The van der Waals surface area contributed by atoms with E-state index in [1.165, 1.54) is 4.90 Å². The maximum atomic E-state index is 13.0. The van der Waals surface area contributed by atoms with Crippen molar-refractivity contribution in [2.24, 2.45) is 0 Å². The predicted octanol–water partition coefficient (Wildman–Crippen LogP) is 0.482. The van der Waals surface area contributed by atoms with Crippen molar-refractivity contribution in [3.05, 3.63) is 0 Å². The number of hydrogen-bond donors (Lipinski definition) is 2. The van der Waals surface area contributed by atoms with E-state index in [1.54, 1.807) is 0 Å². The summed E-state index contributed by atoms with van der Waals surface area (Å²) in [7, 11) is 0. The van der Waals surface area contributed by atoms with Crippen LogP contribution in [0, 0.1) is 0 Å². The van der Waals surface area contributed by atoms with Crippen molar-refractivity contribution < 1.29 is 19.3 Å². The lowest BCUT2D eigenvalue weighted by Gasteiger charge is -2.37. The van der Waals surface area contributed by atoms with Gasteiger partial charge in [-0.2, -0.15) is 0 Å². The smallest absolute Gasteiger partial charge is 0.216 e. The van der Waals surface area contributed by atoms with Crippen LogP contribution in [0.1, 0.15) is 27.2 Å². The molecule has 4 nitrogen and oxygen atoms in total. The summed E-state index contributed by atoms with van der Waals surface area (Å²) in [6.07, 6.45) is -3.07. The first-order valence-corrected chi connectivity index (χ1v) is 5.21. The molecule has 0 spiro atoms. The topological polar surface area (TPSA) is 52.9 Å². The number of aliphatic hydroxyl groups excluding tert-OH is 2. The number of likely N-dealkylation sites (tertiary alicyclic amines) is 1. The number of β-amino-alcohol motifs (C(OH)–C–C–N with tert-alkyl or cyclic N) is 1. The van der Waals surface area contributed by atoms with E-state index in [-0.39, 0.29) is 13.0 Å². The van der Waals surface area contributed by atoms with Gasteiger partial charge in [0.1, 0.15) is 6.17 Å². The Morgan fingerprint density at radius 3 is 2.53 bits per heavy atom. The van der Waals surface area contributed by atoms with Gasteiger partial charge < -0.3 is 14.9 Å². The fraction of sp³-hybridized carbons (Fsp3) is 1.00. The molecule has 1 fully saturated rings. The molecule has 0 aromatic carbocycles. The van der Waals surface area contributed by atoms with Gasteiger partial charge in [-0.1, -0.05) is 0 Å². The van der Waals surface area contributed by atoms with Crippen molar-refractivity contribution in [1.29, 1.82) is 0 Å². The quantitative estimate of drug-likeness (QED) is 0.666. The second kappa shape index (κ2) is 4.74. The summed E-state index contributed by atoms with van der Waals surface area (Å²) in [5, 5.41) is 19.0. The van der Waals surface area contributed by atoms with Crippen molar-refractivity contribution in [3.63, 3.8) is 0 Å². The van der Waals surface area contributed by atoms with Crippen LogP contribution < -0.4 is 0 Å². The molecule has 3 unspecified atom stereocenters. The van der Waals surface area contributed by atoms with Gasteiger partial charge in [0, 0.05) is 13.1 Å². The van der Waals surface area contributed by atoms with E-state index in [1.807, 2.05) is 20.8 Å². The molecule has 1 heterocycles. The van der Waals surface area contributed by atoms with Crippen molar-refractivity contribution >= 4 is 0 Å². The molecule has 1 saturated heterocycles. The number of nitrogens with zero attached hydrogens (tertiary/aromatic N) is 1. The average molecular weight is 221 g/mol. The van der Waals surface area contributed by atoms with Crippen molar-refractivity contribution in [2.75, 3.05) is 13.1 Å². The Bertz CT molecular complexity index is 207. The Morgan fingerprint density at radius 2 is 2.07 bits per heavy atom. The molecule has 0 radical (unpaired) electrons. The SMILES string of the molecule is CC(C)(C)OC(O)N1CCC(F)C(O)C1. The number of ether oxygens (including phenoxy) is 1. The van der Waals surface area contributed by atoms with Crippen LogP contribution in [0.4, 0.5) is 4.39 Å². The van der Waals surface area contributed by atoms with E-state index >= 15 is 0 Å². The first-order valence-electron chi connectivity index (χ1n) is 5.21. The minimum Gasteiger partial charge on any atom is -0.389 e. The Kier molecular flexibility index (Phi) is 4.06. The lowest BCUT2D eigenvalue weighted by atomic mass is 10.1. The summed E-state index contributed by atoms with van der Waals surface area (Å²) in [4.78, 5) is 1.53. The fourth-order valence-electron chi connectivity index (χ4n) is 1.52. The summed E-state index contributed by atoms with van der Waals surface area (Å²) < 4.78 is 18.3. The van der Waals surface area contributed by atoms with Crippen LogP contribution >= 0.6 is 0 Å². The monoisotopic (exact) mass is 221 g/mol. The fourth-order valence-corrected chi connectivity index (χ4v) is 1.52. The normalized spacial score (nSPS) is 31.6. The number of rotatable bonds is 2. The molecule has 5 heteroatoms. The highest BCUT2D eigenvalue weighted by molar-refractivity contribution is 4.79. The minimum atomic E-state index is -1.19. The molecular weight excluding hydrogens is 201 g/mol. The molecule has 15 heavy (non-hydrogen) atoms. The highest BCUT2D eigenvalue weighted by atomic mass is 19.1. The van der Waals surface area contributed by atoms with Crippen LogP contribution in [0.15, 0.2) is 0 Å². The van der Waals surface area contributed by atoms with E-state index in [2.05, 4.69) is 0 Å². The summed E-state index contributed by atoms with van der Waals surface area (Å²) in [5.74, 6) is 0. The third-order valence-corrected chi connectivity index (χ3v) is 2.30. The lowest BCUT2D eigenvalue weighted by Crippen LogP contribution is -2.51. The maximum Gasteiger partial charge on any atom is 0.216 e. The Labute approximate surface area is 89.6 Å². The van der Waals surface area contributed by atoms with Crippen LogP contribution in [0.2, 0.25) is 0 Å².